The third-order valence-corrected chi connectivity index (χ3v) is 3.74. The third kappa shape index (κ3) is 2.50. The maximum Gasteiger partial charge on any atom is 0.329 e. The van der Waals surface area contributed by atoms with Gasteiger partial charge >= 0.3 is 5.97 Å². The number of benzene rings is 1. The van der Waals surface area contributed by atoms with Crippen LogP contribution < -0.4 is 0 Å². The first-order valence-electron chi connectivity index (χ1n) is 6.32. The van der Waals surface area contributed by atoms with E-state index >= 15 is 0 Å². The molecule has 6 heteroatoms. The molecule has 0 saturated carbocycles. The summed E-state index contributed by atoms with van der Waals surface area (Å²) in [7, 11) is 0. The summed E-state index contributed by atoms with van der Waals surface area (Å²) in [5.41, 5.74) is -0.885. The highest BCUT2D eigenvalue weighted by molar-refractivity contribution is 5.88. The Bertz CT molecular complexity index is 561. The monoisotopic (exact) mass is 283 g/mol. The van der Waals surface area contributed by atoms with Crippen molar-refractivity contribution in [2.75, 3.05) is 6.54 Å². The molecular weight excluding hydrogens is 268 g/mol. The Kier molecular flexibility index (Phi) is 3.74. The number of carbonyl (C=O) groups is 2. The van der Waals surface area contributed by atoms with E-state index in [1.165, 1.54) is 17.9 Å². The third-order valence-electron chi connectivity index (χ3n) is 3.74. The summed E-state index contributed by atoms with van der Waals surface area (Å²) in [6, 6.07) is 3.24. The number of rotatable bonds is 3. The van der Waals surface area contributed by atoms with Crippen LogP contribution in [0.3, 0.4) is 0 Å². The normalized spacial score (nSPS) is 22.1. The van der Waals surface area contributed by atoms with Gasteiger partial charge in [0.05, 0.1) is 6.42 Å². The first kappa shape index (κ1) is 14.4. The van der Waals surface area contributed by atoms with Gasteiger partial charge in [-0.2, -0.15) is 0 Å². The van der Waals surface area contributed by atoms with E-state index in [-0.39, 0.29) is 6.42 Å². The Morgan fingerprint density at radius 1 is 1.35 bits per heavy atom. The number of amides is 1. The van der Waals surface area contributed by atoms with Gasteiger partial charge in [-0.15, -0.1) is 0 Å². The van der Waals surface area contributed by atoms with E-state index in [0.29, 0.717) is 24.9 Å². The Labute approximate surface area is 115 Å². The van der Waals surface area contributed by atoms with Crippen molar-refractivity contribution in [3.05, 3.63) is 35.4 Å². The minimum atomic E-state index is -1.21. The van der Waals surface area contributed by atoms with Gasteiger partial charge in [-0.05, 0) is 37.5 Å². The quantitative estimate of drug-likeness (QED) is 0.922. The van der Waals surface area contributed by atoms with E-state index in [9.17, 15) is 23.5 Å². The molecular formula is C14H15F2NO3. The highest BCUT2D eigenvalue weighted by Crippen LogP contribution is 2.30. The first-order valence-corrected chi connectivity index (χ1v) is 6.32. The molecule has 108 valence electrons. The minimum Gasteiger partial charge on any atom is -0.480 e. The summed E-state index contributed by atoms with van der Waals surface area (Å²) < 4.78 is 25.9. The van der Waals surface area contributed by atoms with Crippen LogP contribution in [0.15, 0.2) is 18.2 Å². The molecule has 1 saturated heterocycles. The molecule has 1 atom stereocenters. The molecule has 0 aromatic heterocycles. The second-order valence-electron chi connectivity index (χ2n) is 5.15. The summed E-state index contributed by atoms with van der Waals surface area (Å²) in [5, 5.41) is 9.23. The van der Waals surface area contributed by atoms with Crippen molar-refractivity contribution in [3.63, 3.8) is 0 Å². The van der Waals surface area contributed by atoms with Crippen molar-refractivity contribution in [1.29, 1.82) is 0 Å². The molecule has 1 aliphatic rings. The molecule has 4 nitrogen and oxygen atoms in total. The van der Waals surface area contributed by atoms with Crippen LogP contribution in [0.4, 0.5) is 8.78 Å². The number of aliphatic carboxylic acids is 1. The topological polar surface area (TPSA) is 57.6 Å². The molecule has 1 aliphatic heterocycles. The molecule has 0 aliphatic carbocycles. The highest BCUT2D eigenvalue weighted by Gasteiger charge is 2.45. The van der Waals surface area contributed by atoms with Crippen LogP contribution in [-0.2, 0) is 16.0 Å². The number of hydrogen-bond donors (Lipinski definition) is 1. The van der Waals surface area contributed by atoms with Crippen LogP contribution in [-0.4, -0.2) is 34.0 Å². The fourth-order valence-electron chi connectivity index (χ4n) is 2.51. The number of halogens is 2. The zero-order chi connectivity index (χ0) is 14.9. The van der Waals surface area contributed by atoms with Crippen LogP contribution in [0.1, 0.15) is 25.3 Å². The van der Waals surface area contributed by atoms with Gasteiger partial charge in [0.25, 0.3) is 0 Å². The molecule has 1 fully saturated rings. The number of carboxylic acid groups (broad SMARTS) is 1. The van der Waals surface area contributed by atoms with E-state index in [2.05, 4.69) is 0 Å². The average Bonchev–Trinajstić information content (AvgIpc) is 2.77. The van der Waals surface area contributed by atoms with Crippen molar-refractivity contribution < 1.29 is 23.5 Å². The van der Waals surface area contributed by atoms with E-state index in [1.807, 2.05) is 0 Å². The SMILES string of the molecule is CC1(C(=O)O)CCCN1C(=O)Cc1ccc(F)c(F)c1. The number of likely N-dealkylation sites (tertiary alicyclic amines) is 1. The summed E-state index contributed by atoms with van der Waals surface area (Å²) in [6.45, 7) is 1.87. The number of hydrogen-bond acceptors (Lipinski definition) is 2. The predicted molar refractivity (Wildman–Crippen MR) is 67.0 cm³/mol. The van der Waals surface area contributed by atoms with E-state index in [4.69, 9.17) is 0 Å². The molecule has 1 amide bonds. The number of carboxylic acids is 1. The van der Waals surface area contributed by atoms with Crippen molar-refractivity contribution >= 4 is 11.9 Å². The standard InChI is InChI=1S/C14H15F2NO3/c1-14(13(19)20)5-2-6-17(14)12(18)8-9-3-4-10(15)11(16)7-9/h3-4,7H,2,5-6,8H2,1H3,(H,19,20). The molecule has 1 aromatic rings. The van der Waals surface area contributed by atoms with Gasteiger partial charge < -0.3 is 10.0 Å². The summed E-state index contributed by atoms with van der Waals surface area (Å²) in [6.07, 6.45) is 0.873. The van der Waals surface area contributed by atoms with Crippen molar-refractivity contribution in [3.8, 4) is 0 Å². The van der Waals surface area contributed by atoms with Gasteiger partial charge in [-0.1, -0.05) is 6.07 Å². The fourth-order valence-corrected chi connectivity index (χ4v) is 2.51. The van der Waals surface area contributed by atoms with Crippen molar-refractivity contribution in [2.24, 2.45) is 0 Å². The Balaban J connectivity index is 2.15. The van der Waals surface area contributed by atoms with E-state index < -0.39 is 29.0 Å². The average molecular weight is 283 g/mol. The van der Waals surface area contributed by atoms with Gasteiger partial charge in [0.2, 0.25) is 5.91 Å². The lowest BCUT2D eigenvalue weighted by atomic mass is 9.98. The number of nitrogens with zero attached hydrogens (tertiary/aromatic N) is 1. The lowest BCUT2D eigenvalue weighted by Gasteiger charge is -2.31. The van der Waals surface area contributed by atoms with Crippen LogP contribution in [0.2, 0.25) is 0 Å². The second-order valence-corrected chi connectivity index (χ2v) is 5.15. The summed E-state index contributed by atoms with van der Waals surface area (Å²) in [4.78, 5) is 24.8. The van der Waals surface area contributed by atoms with Crippen LogP contribution in [0, 0.1) is 11.6 Å². The zero-order valence-corrected chi connectivity index (χ0v) is 11.0. The van der Waals surface area contributed by atoms with Gasteiger partial charge in [-0.25, -0.2) is 13.6 Å². The Morgan fingerprint density at radius 3 is 2.65 bits per heavy atom. The van der Waals surface area contributed by atoms with Crippen LogP contribution in [0.25, 0.3) is 0 Å². The fraction of sp³-hybridized carbons (Fsp3) is 0.429. The van der Waals surface area contributed by atoms with Gasteiger partial charge in [-0.3, -0.25) is 4.79 Å². The molecule has 20 heavy (non-hydrogen) atoms. The summed E-state index contributed by atoms with van der Waals surface area (Å²) in [5.74, 6) is -3.43. The molecule has 1 aromatic carbocycles. The Hall–Kier alpha value is -1.98. The maximum absolute atomic E-state index is 13.1. The Morgan fingerprint density at radius 2 is 2.05 bits per heavy atom. The molecule has 2 rings (SSSR count). The van der Waals surface area contributed by atoms with Crippen LogP contribution in [0.5, 0.6) is 0 Å². The zero-order valence-electron chi connectivity index (χ0n) is 11.0. The molecule has 0 spiro atoms. The van der Waals surface area contributed by atoms with Crippen molar-refractivity contribution in [2.45, 2.75) is 31.7 Å². The van der Waals surface area contributed by atoms with Crippen molar-refractivity contribution in [1.82, 2.24) is 4.90 Å². The smallest absolute Gasteiger partial charge is 0.329 e. The van der Waals surface area contributed by atoms with Gasteiger partial charge in [0.15, 0.2) is 11.6 Å². The molecule has 0 bridgehead atoms. The van der Waals surface area contributed by atoms with Gasteiger partial charge in [0.1, 0.15) is 5.54 Å². The van der Waals surface area contributed by atoms with E-state index in [0.717, 1.165) is 12.1 Å². The minimum absolute atomic E-state index is 0.139. The largest absolute Gasteiger partial charge is 0.480 e. The maximum atomic E-state index is 13.1. The highest BCUT2D eigenvalue weighted by atomic mass is 19.2. The first-order chi connectivity index (χ1) is 9.34. The molecule has 1 N–H and O–H groups in total. The van der Waals surface area contributed by atoms with Gasteiger partial charge in [0, 0.05) is 6.54 Å². The predicted octanol–water partition coefficient (Wildman–Crippen LogP) is 1.97. The molecule has 1 unspecified atom stereocenters. The molecule has 1 heterocycles. The lowest BCUT2D eigenvalue weighted by molar-refractivity contribution is -0.155. The summed E-state index contributed by atoms with van der Waals surface area (Å²) >= 11 is 0. The molecule has 0 radical (unpaired) electrons. The second kappa shape index (κ2) is 5.19. The lowest BCUT2D eigenvalue weighted by Crippen LogP contribution is -2.51. The van der Waals surface area contributed by atoms with E-state index in [1.54, 1.807) is 0 Å². The van der Waals surface area contributed by atoms with Crippen LogP contribution >= 0.6 is 0 Å². The number of carbonyl (C=O) groups excluding carboxylic acids is 1.